The van der Waals surface area contributed by atoms with Crippen LogP contribution < -0.4 is 4.74 Å². The van der Waals surface area contributed by atoms with Gasteiger partial charge in [0.2, 0.25) is 0 Å². The van der Waals surface area contributed by atoms with Gasteiger partial charge in [-0.25, -0.2) is 0 Å². The summed E-state index contributed by atoms with van der Waals surface area (Å²) in [5.41, 5.74) is 9.79. The minimum atomic E-state index is 0.0581. The third-order valence-corrected chi connectivity index (χ3v) is 7.68. The summed E-state index contributed by atoms with van der Waals surface area (Å²) < 4.78 is 6.05. The number of aromatic hydroxyl groups is 1. The molecule has 0 radical (unpaired) electrons. The quantitative estimate of drug-likeness (QED) is 0.193. The van der Waals surface area contributed by atoms with Crippen molar-refractivity contribution in [2.45, 2.75) is 125 Å². The van der Waals surface area contributed by atoms with Gasteiger partial charge in [-0.3, -0.25) is 0 Å². The number of hydrogen-bond acceptors (Lipinski definition) is 2. The summed E-state index contributed by atoms with van der Waals surface area (Å²) in [7, 11) is 0. The second-order valence-corrected chi connectivity index (χ2v) is 12.2. The summed E-state index contributed by atoms with van der Waals surface area (Å²) >= 11 is 0. The lowest BCUT2D eigenvalue weighted by Gasteiger charge is -2.20. The molecule has 41 heavy (non-hydrogen) atoms. The molecule has 2 rings (SSSR count). The Bertz CT molecular complexity index is 1160. The molecule has 0 bridgehead atoms. The van der Waals surface area contributed by atoms with Gasteiger partial charge in [0.25, 0.3) is 0 Å². The minimum Gasteiger partial charge on any atom is -0.508 e. The normalized spacial score (nSPS) is 16.5. The van der Waals surface area contributed by atoms with E-state index in [9.17, 15) is 5.11 Å². The molecule has 1 heterocycles. The Kier molecular flexibility index (Phi) is 16.0. The molecular weight excluding hydrogens is 500 g/mol. The molecule has 0 spiro atoms. The maximum absolute atomic E-state index is 9.62. The highest BCUT2D eigenvalue weighted by molar-refractivity contribution is 5.61. The number of phenols is 1. The molecule has 0 aliphatic carbocycles. The van der Waals surface area contributed by atoms with E-state index in [0.717, 1.165) is 69.1 Å². The zero-order valence-corrected chi connectivity index (χ0v) is 27.1. The number of benzene rings is 1. The van der Waals surface area contributed by atoms with E-state index in [4.69, 9.17) is 4.74 Å². The Balaban J connectivity index is 1.60. The van der Waals surface area contributed by atoms with Crippen LogP contribution in [0, 0.1) is 0 Å². The highest BCUT2D eigenvalue weighted by atomic mass is 16.5. The van der Waals surface area contributed by atoms with Crippen molar-refractivity contribution in [3.8, 4) is 11.5 Å². The highest BCUT2D eigenvalue weighted by Crippen LogP contribution is 2.30. The molecule has 1 aromatic rings. The van der Waals surface area contributed by atoms with Crippen LogP contribution in [-0.2, 0) is 0 Å². The van der Waals surface area contributed by atoms with Gasteiger partial charge in [0.05, 0.1) is 0 Å². The monoisotopic (exact) mass is 556 g/mol. The molecule has 0 aromatic heterocycles. The van der Waals surface area contributed by atoms with E-state index in [1.165, 1.54) is 46.3 Å². The van der Waals surface area contributed by atoms with Crippen molar-refractivity contribution >= 4 is 6.08 Å². The molecule has 0 fully saturated rings. The fourth-order valence-corrected chi connectivity index (χ4v) is 4.91. The smallest absolute Gasteiger partial charge is 0.127 e. The number of ether oxygens (including phenoxy) is 1. The van der Waals surface area contributed by atoms with Crippen molar-refractivity contribution in [3.63, 3.8) is 0 Å². The lowest BCUT2D eigenvalue weighted by atomic mass is 10.0. The Morgan fingerprint density at radius 3 is 1.54 bits per heavy atom. The first kappa shape index (κ1) is 34.2. The molecule has 1 unspecified atom stereocenters. The summed E-state index contributed by atoms with van der Waals surface area (Å²) in [6, 6.07) is 5.26. The molecule has 1 aromatic carbocycles. The summed E-state index contributed by atoms with van der Waals surface area (Å²) in [4.78, 5) is 0. The molecular formula is C39H56O2. The van der Waals surface area contributed by atoms with Crippen molar-refractivity contribution in [1.82, 2.24) is 0 Å². The maximum Gasteiger partial charge on any atom is 0.127 e. The van der Waals surface area contributed by atoms with Gasteiger partial charge >= 0.3 is 0 Å². The van der Waals surface area contributed by atoms with Crippen molar-refractivity contribution in [2.75, 3.05) is 0 Å². The number of allylic oxidation sites excluding steroid dienone is 11. The molecule has 224 valence electrons. The summed E-state index contributed by atoms with van der Waals surface area (Å²) in [5.74, 6) is 1.12. The second-order valence-electron chi connectivity index (χ2n) is 12.2. The Labute approximate surface area is 252 Å². The van der Waals surface area contributed by atoms with E-state index in [1.54, 1.807) is 12.1 Å². The highest BCUT2D eigenvalue weighted by Gasteiger charge is 2.14. The Morgan fingerprint density at radius 2 is 1.07 bits per heavy atom. The largest absolute Gasteiger partial charge is 0.508 e. The SMILES string of the molecule is CC(C)=CCC/C(C)=C/CC/C(C)=C/CC/C(C)=C/CC/C(C)=C/CC/C(C)=C/CC1C=Cc2cc(O)ccc2O1. The average molecular weight is 557 g/mol. The van der Waals surface area contributed by atoms with Crippen LogP contribution in [-0.4, -0.2) is 11.2 Å². The van der Waals surface area contributed by atoms with Crippen LogP contribution in [0.3, 0.4) is 0 Å². The van der Waals surface area contributed by atoms with Gasteiger partial charge in [-0.05, 0) is 137 Å². The van der Waals surface area contributed by atoms with E-state index in [-0.39, 0.29) is 11.9 Å². The van der Waals surface area contributed by atoms with E-state index >= 15 is 0 Å². The molecule has 1 aliphatic heterocycles. The topological polar surface area (TPSA) is 29.5 Å². The third kappa shape index (κ3) is 15.5. The van der Waals surface area contributed by atoms with Crippen LogP contribution in [0.2, 0.25) is 0 Å². The molecule has 1 aliphatic rings. The molecule has 2 nitrogen and oxygen atoms in total. The van der Waals surface area contributed by atoms with E-state index < -0.39 is 0 Å². The Morgan fingerprint density at radius 1 is 0.634 bits per heavy atom. The summed E-state index contributed by atoms with van der Waals surface area (Å²) in [5, 5.41) is 9.62. The molecule has 0 saturated carbocycles. The third-order valence-electron chi connectivity index (χ3n) is 7.68. The number of fused-ring (bicyclic) bond motifs is 1. The summed E-state index contributed by atoms with van der Waals surface area (Å²) in [6.45, 7) is 15.7. The number of phenolic OH excluding ortho intramolecular Hbond substituents is 1. The lowest BCUT2D eigenvalue weighted by Crippen LogP contribution is -2.15. The first-order valence-corrected chi connectivity index (χ1v) is 15.7. The number of hydrogen-bond donors (Lipinski definition) is 1. The van der Waals surface area contributed by atoms with Gasteiger partial charge in [-0.1, -0.05) is 76.0 Å². The predicted octanol–water partition coefficient (Wildman–Crippen LogP) is 12.2. The van der Waals surface area contributed by atoms with Gasteiger partial charge in [0, 0.05) is 12.0 Å². The zero-order chi connectivity index (χ0) is 30.0. The maximum atomic E-state index is 9.62. The predicted molar refractivity (Wildman–Crippen MR) is 181 cm³/mol. The zero-order valence-electron chi connectivity index (χ0n) is 27.1. The van der Waals surface area contributed by atoms with Crippen LogP contribution in [0.5, 0.6) is 11.5 Å². The van der Waals surface area contributed by atoms with E-state index in [0.29, 0.717) is 0 Å². The first-order chi connectivity index (χ1) is 19.6. The second kappa shape index (κ2) is 19.2. The minimum absolute atomic E-state index is 0.0581. The van der Waals surface area contributed by atoms with Crippen LogP contribution in [0.25, 0.3) is 6.08 Å². The van der Waals surface area contributed by atoms with Crippen LogP contribution in [0.4, 0.5) is 0 Å². The standard InChI is InChI=1S/C39H56O2/c1-30(2)13-8-14-31(3)15-9-16-32(4)17-10-18-33(5)19-11-20-34(6)21-12-22-35(7)23-26-38-27-24-36-29-37(40)25-28-39(36)41-38/h13,15,17,19,21,23-25,27-29,38,40H,8-12,14,16,18,20,22,26H2,1-7H3/b31-15+,32-17+,33-19+,34-21+,35-23+. The van der Waals surface area contributed by atoms with Gasteiger partial charge in [0.15, 0.2) is 0 Å². The fourth-order valence-electron chi connectivity index (χ4n) is 4.91. The average Bonchev–Trinajstić information content (AvgIpc) is 2.91. The van der Waals surface area contributed by atoms with Gasteiger partial charge in [-0.2, -0.15) is 0 Å². The van der Waals surface area contributed by atoms with Gasteiger partial charge in [0.1, 0.15) is 17.6 Å². The molecule has 1 N–H and O–H groups in total. The van der Waals surface area contributed by atoms with Crippen LogP contribution in [0.1, 0.15) is 125 Å². The molecule has 0 amide bonds. The first-order valence-electron chi connectivity index (χ1n) is 15.7. The van der Waals surface area contributed by atoms with Gasteiger partial charge < -0.3 is 9.84 Å². The fraction of sp³-hybridized carbons (Fsp3) is 0.487. The molecule has 1 atom stereocenters. The van der Waals surface area contributed by atoms with Crippen LogP contribution >= 0.6 is 0 Å². The van der Waals surface area contributed by atoms with Crippen molar-refractivity contribution < 1.29 is 9.84 Å². The van der Waals surface area contributed by atoms with Crippen molar-refractivity contribution in [2.24, 2.45) is 0 Å². The Hall–Kier alpha value is -3.00. The van der Waals surface area contributed by atoms with E-state index in [2.05, 4.69) is 91.0 Å². The lowest BCUT2D eigenvalue weighted by molar-refractivity contribution is 0.248. The van der Waals surface area contributed by atoms with Crippen LogP contribution in [0.15, 0.2) is 94.2 Å². The van der Waals surface area contributed by atoms with Gasteiger partial charge in [-0.15, -0.1) is 0 Å². The van der Waals surface area contributed by atoms with Crippen molar-refractivity contribution in [3.05, 3.63) is 99.7 Å². The van der Waals surface area contributed by atoms with E-state index in [1.807, 2.05) is 12.1 Å². The molecule has 2 heteroatoms. The van der Waals surface area contributed by atoms with Crippen molar-refractivity contribution in [1.29, 1.82) is 0 Å². The molecule has 0 saturated heterocycles. The summed E-state index contributed by atoms with van der Waals surface area (Å²) in [6.07, 6.45) is 30.8. The number of rotatable bonds is 17.